The topological polar surface area (TPSA) is 213 Å². The Hall–Kier alpha value is -6.98. The molecule has 0 radical (unpaired) electrons. The number of hydrogen-bond acceptors (Lipinski definition) is 9. The number of aliphatic hydroxyl groups is 4. The molecule has 0 bridgehead atoms. The van der Waals surface area contributed by atoms with Crippen molar-refractivity contribution in [3.05, 3.63) is 144 Å². The number of nitrogens with one attached hydrogen (secondary N) is 2. The molecule has 0 saturated carbocycles. The number of benzene rings is 4. The number of methoxy groups -OCH3 is 1. The molecule has 4 atom stereocenters. The molecule has 6 aromatic rings. The van der Waals surface area contributed by atoms with Gasteiger partial charge >= 0.3 is 11.9 Å². The minimum absolute atomic E-state index is 0.00478. The third kappa shape index (κ3) is 16.5. The van der Waals surface area contributed by atoms with Crippen LogP contribution in [0.25, 0.3) is 44.5 Å². The van der Waals surface area contributed by atoms with Gasteiger partial charge in [0.1, 0.15) is 11.6 Å². The molecule has 4 aromatic carbocycles. The summed E-state index contributed by atoms with van der Waals surface area (Å²) in [6.45, 7) is 11.7. The number of carboxylic acids is 1. The molecule has 402 valence electrons. The van der Waals surface area contributed by atoms with Crippen molar-refractivity contribution >= 4 is 23.8 Å². The van der Waals surface area contributed by atoms with E-state index >= 15 is 0 Å². The van der Waals surface area contributed by atoms with E-state index in [2.05, 4.69) is 38.4 Å². The quantitative estimate of drug-likeness (QED) is 0.0285. The van der Waals surface area contributed by atoms with Gasteiger partial charge in [0, 0.05) is 71.0 Å². The molecule has 16 heteroatoms. The molecule has 0 aliphatic heterocycles. The van der Waals surface area contributed by atoms with Gasteiger partial charge in [0.05, 0.1) is 57.5 Å². The van der Waals surface area contributed by atoms with Crippen LogP contribution in [0.5, 0.6) is 0 Å². The maximum absolute atomic E-state index is 13.9. The zero-order valence-electron chi connectivity index (χ0n) is 43.9. The van der Waals surface area contributed by atoms with Gasteiger partial charge in [0.2, 0.25) is 11.8 Å². The lowest BCUT2D eigenvalue weighted by molar-refractivity contribution is -0.143. The summed E-state index contributed by atoms with van der Waals surface area (Å²) < 4.78 is 36.7. The highest BCUT2D eigenvalue weighted by molar-refractivity contribution is 5.90. The molecule has 4 unspecified atom stereocenters. The summed E-state index contributed by atoms with van der Waals surface area (Å²) in [7, 11) is 1.26. The average Bonchev–Trinajstić information content (AvgIpc) is 3.87. The van der Waals surface area contributed by atoms with E-state index in [9.17, 15) is 48.4 Å². The van der Waals surface area contributed by atoms with E-state index < -0.39 is 42.8 Å². The van der Waals surface area contributed by atoms with Crippen molar-refractivity contribution in [2.24, 2.45) is 0 Å². The van der Waals surface area contributed by atoms with E-state index in [0.717, 1.165) is 67.3 Å². The van der Waals surface area contributed by atoms with Crippen molar-refractivity contribution in [1.82, 2.24) is 19.8 Å². The van der Waals surface area contributed by atoms with Gasteiger partial charge < -0.3 is 50.0 Å². The fourth-order valence-electron chi connectivity index (χ4n) is 9.69. The monoisotopic (exact) mass is 1030 g/mol. The van der Waals surface area contributed by atoms with Crippen LogP contribution in [-0.4, -0.2) is 89.9 Å². The summed E-state index contributed by atoms with van der Waals surface area (Å²) in [5.41, 5.74) is 10.8. The molecule has 75 heavy (non-hydrogen) atoms. The van der Waals surface area contributed by atoms with Gasteiger partial charge in [-0.2, -0.15) is 0 Å². The predicted molar refractivity (Wildman–Crippen MR) is 285 cm³/mol. The Morgan fingerprint density at radius 2 is 0.840 bits per heavy atom. The molecular formula is C59H72F2N4O10. The second-order valence-corrected chi connectivity index (χ2v) is 19.3. The van der Waals surface area contributed by atoms with Gasteiger partial charge in [0.25, 0.3) is 0 Å². The van der Waals surface area contributed by atoms with E-state index in [1.54, 1.807) is 24.3 Å². The number of carboxylic acid groups (broad SMARTS) is 1. The van der Waals surface area contributed by atoms with E-state index in [4.69, 9.17) is 5.11 Å². The number of ether oxygens (including phenoxy) is 1. The van der Waals surface area contributed by atoms with Crippen molar-refractivity contribution in [3.63, 3.8) is 0 Å². The summed E-state index contributed by atoms with van der Waals surface area (Å²) in [5.74, 6) is -2.66. The van der Waals surface area contributed by atoms with Gasteiger partial charge in [0.15, 0.2) is 0 Å². The number of carbonyl (C=O) groups excluding carboxylic acids is 3. The van der Waals surface area contributed by atoms with E-state index in [1.165, 1.54) is 45.2 Å². The molecule has 7 N–H and O–H groups in total. The number of hydrogen-bond donors (Lipinski definition) is 7. The first-order valence-electron chi connectivity index (χ1n) is 25.3. The zero-order valence-corrected chi connectivity index (χ0v) is 43.9. The van der Waals surface area contributed by atoms with Crippen LogP contribution in [0, 0.1) is 11.6 Å². The first kappa shape index (κ1) is 58.9. The SMILES string of the molecule is CC(=O)NCc1c(-c2ccccc2)c(-c2ccc(F)cc2)c(CCC(O)CC(O)CC(=O)O)n1C(C)C.COC(=O)CC(O)CC(O)CCc1c(-c2ccc(F)cc2)c(-c2ccccc2)c(CNC(C)=O)n1C(C)C. The van der Waals surface area contributed by atoms with E-state index in [0.29, 0.717) is 25.8 Å². The summed E-state index contributed by atoms with van der Waals surface area (Å²) in [6.07, 6.45) is -3.06. The Morgan fingerprint density at radius 3 is 1.16 bits per heavy atom. The van der Waals surface area contributed by atoms with Crippen LogP contribution in [0.3, 0.4) is 0 Å². The van der Waals surface area contributed by atoms with Crippen LogP contribution in [0.4, 0.5) is 8.78 Å². The van der Waals surface area contributed by atoms with Crippen LogP contribution in [0.15, 0.2) is 109 Å². The Kier molecular flexibility index (Phi) is 22.0. The summed E-state index contributed by atoms with van der Waals surface area (Å²) in [4.78, 5) is 46.2. The minimum Gasteiger partial charge on any atom is -0.481 e. The molecule has 0 spiro atoms. The van der Waals surface area contributed by atoms with Crippen LogP contribution in [0.2, 0.25) is 0 Å². The second kappa shape index (κ2) is 28.1. The third-order valence-electron chi connectivity index (χ3n) is 12.8. The summed E-state index contributed by atoms with van der Waals surface area (Å²) in [5, 5.41) is 56.3. The molecule has 0 fully saturated rings. The molecule has 14 nitrogen and oxygen atoms in total. The van der Waals surface area contributed by atoms with E-state index in [1.807, 2.05) is 74.5 Å². The second-order valence-electron chi connectivity index (χ2n) is 19.3. The highest BCUT2D eigenvalue weighted by Gasteiger charge is 2.29. The number of rotatable bonds is 24. The van der Waals surface area contributed by atoms with Crippen LogP contribution in [0.1, 0.15) is 115 Å². The molecular weight excluding hydrogens is 963 g/mol. The average molecular weight is 1040 g/mol. The fourth-order valence-corrected chi connectivity index (χ4v) is 9.69. The van der Waals surface area contributed by atoms with Gasteiger partial charge in [-0.3, -0.25) is 19.2 Å². The Labute approximate surface area is 438 Å². The van der Waals surface area contributed by atoms with Gasteiger partial charge in [-0.1, -0.05) is 84.9 Å². The Balaban J connectivity index is 0.000000277. The highest BCUT2D eigenvalue weighted by atomic mass is 19.1. The lowest BCUT2D eigenvalue weighted by atomic mass is 9.93. The van der Waals surface area contributed by atoms with Crippen molar-refractivity contribution in [1.29, 1.82) is 0 Å². The van der Waals surface area contributed by atoms with Gasteiger partial charge in [-0.15, -0.1) is 0 Å². The zero-order chi connectivity index (χ0) is 54.9. The van der Waals surface area contributed by atoms with Gasteiger partial charge in [-0.25, -0.2) is 8.78 Å². The van der Waals surface area contributed by atoms with Crippen LogP contribution < -0.4 is 10.6 Å². The number of amides is 2. The lowest BCUT2D eigenvalue weighted by Gasteiger charge is -2.20. The smallest absolute Gasteiger partial charge is 0.308 e. The normalized spacial score (nSPS) is 12.9. The van der Waals surface area contributed by atoms with Crippen molar-refractivity contribution in [2.75, 3.05) is 7.11 Å². The predicted octanol–water partition coefficient (Wildman–Crippen LogP) is 9.48. The summed E-state index contributed by atoms with van der Waals surface area (Å²) >= 11 is 0. The number of esters is 1. The standard InChI is InChI=1S/C30H37FN2O5.C29H35FN2O5/c1-19(2)33-26(15-14-24(35)16-25(36)17-28(37)38-4)29(22-10-12-23(31)13-11-22)30(21-8-6-5-7-9-21)27(33)18-32-20(3)34;1-18(2)32-25(14-13-23(34)15-24(35)16-27(36)37)28(21-9-11-22(30)12-10-21)29(20-7-5-4-6-8-20)26(32)17-31-19(3)33/h5-13,19,24-25,35-36H,14-18H2,1-4H3,(H,32,34);4-12,18,23-24,34-35H,13-17H2,1-3H3,(H,31,33)(H,36,37). The first-order chi connectivity index (χ1) is 35.7. The van der Waals surface area contributed by atoms with E-state index in [-0.39, 0.29) is 67.8 Å². The van der Waals surface area contributed by atoms with Crippen molar-refractivity contribution < 1.29 is 58.2 Å². The lowest BCUT2D eigenvalue weighted by Crippen LogP contribution is -2.23. The minimum atomic E-state index is -1.14. The van der Waals surface area contributed by atoms with Gasteiger partial charge in [-0.05, 0) is 113 Å². The molecule has 2 amide bonds. The molecule has 0 saturated heterocycles. The molecule has 0 aliphatic rings. The Bertz CT molecular complexity index is 2810. The maximum atomic E-state index is 13.9. The largest absolute Gasteiger partial charge is 0.481 e. The number of carbonyl (C=O) groups is 4. The number of aromatic nitrogens is 2. The highest BCUT2D eigenvalue weighted by Crippen LogP contribution is 2.44. The number of aliphatic hydroxyl groups excluding tert-OH is 4. The van der Waals surface area contributed by atoms with Crippen molar-refractivity contribution in [3.8, 4) is 44.5 Å². The third-order valence-corrected chi connectivity index (χ3v) is 12.8. The first-order valence-corrected chi connectivity index (χ1v) is 25.3. The maximum Gasteiger partial charge on any atom is 0.308 e. The molecule has 6 rings (SSSR count). The molecule has 2 heterocycles. The Morgan fingerprint density at radius 1 is 0.507 bits per heavy atom. The number of nitrogens with zero attached hydrogens (tertiary/aromatic N) is 2. The molecule has 2 aromatic heterocycles. The molecule has 0 aliphatic carbocycles. The van der Waals surface area contributed by atoms with Crippen LogP contribution >= 0.6 is 0 Å². The summed E-state index contributed by atoms with van der Waals surface area (Å²) in [6, 6.07) is 32.2. The fraction of sp³-hybridized carbons (Fsp3) is 0.390. The number of aliphatic carboxylic acids is 1. The number of halogens is 2. The van der Waals surface area contributed by atoms with Crippen LogP contribution in [-0.2, 0) is 49.8 Å². The van der Waals surface area contributed by atoms with Crippen molar-refractivity contribution in [2.45, 2.75) is 142 Å².